The topological polar surface area (TPSA) is 80.0 Å². The van der Waals surface area contributed by atoms with E-state index in [1.807, 2.05) is 18.2 Å². The normalized spacial score (nSPS) is 14.5. The molecule has 2 aromatic heterocycles. The van der Waals surface area contributed by atoms with Crippen molar-refractivity contribution in [1.82, 2.24) is 30.1 Å². The van der Waals surface area contributed by atoms with E-state index in [0.29, 0.717) is 37.4 Å². The van der Waals surface area contributed by atoms with E-state index in [1.165, 1.54) is 29.2 Å². The first kappa shape index (κ1) is 16.1. The molecular weight excluding hydrogens is 337 g/mol. The lowest BCUT2D eigenvalue weighted by Gasteiger charge is -2.35. The van der Waals surface area contributed by atoms with Crippen LogP contribution in [0, 0.1) is 5.82 Å². The predicted octanol–water partition coefficient (Wildman–Crippen LogP) is 1.16. The molecule has 1 aromatic carbocycles. The van der Waals surface area contributed by atoms with Gasteiger partial charge in [-0.2, -0.15) is 4.68 Å². The zero-order valence-corrected chi connectivity index (χ0v) is 13.9. The molecule has 0 bridgehead atoms. The summed E-state index contributed by atoms with van der Waals surface area (Å²) in [6, 6.07) is 9.77. The number of tetrazole rings is 1. The monoisotopic (exact) mass is 353 g/mol. The standard InChI is InChI=1S/C17H16FN7O/c18-13-4-5-14(15(11-13)25-12-20-21-22-25)17(26)24-9-7-23(8-10-24)16-3-1-2-6-19-16/h1-6,11-12H,7-10H2. The lowest BCUT2D eigenvalue weighted by molar-refractivity contribution is 0.0746. The molecule has 0 aliphatic carbocycles. The quantitative estimate of drug-likeness (QED) is 0.703. The molecule has 3 heterocycles. The number of amides is 1. The zero-order valence-electron chi connectivity index (χ0n) is 13.9. The number of hydrogen-bond acceptors (Lipinski definition) is 6. The van der Waals surface area contributed by atoms with Crippen LogP contribution in [0.4, 0.5) is 10.2 Å². The highest BCUT2D eigenvalue weighted by atomic mass is 19.1. The summed E-state index contributed by atoms with van der Waals surface area (Å²) in [6.45, 7) is 2.48. The molecular formula is C17H16FN7O. The number of aromatic nitrogens is 5. The van der Waals surface area contributed by atoms with Gasteiger partial charge in [-0.15, -0.1) is 5.10 Å². The molecule has 0 N–H and O–H groups in total. The summed E-state index contributed by atoms with van der Waals surface area (Å²) in [6.07, 6.45) is 3.09. The second kappa shape index (κ2) is 6.87. The molecule has 132 valence electrons. The molecule has 0 atom stereocenters. The predicted molar refractivity (Wildman–Crippen MR) is 91.5 cm³/mol. The fourth-order valence-electron chi connectivity index (χ4n) is 3.00. The maximum atomic E-state index is 13.7. The first-order chi connectivity index (χ1) is 12.7. The molecule has 1 fully saturated rings. The van der Waals surface area contributed by atoms with E-state index in [-0.39, 0.29) is 5.91 Å². The Kier molecular flexibility index (Phi) is 4.26. The van der Waals surface area contributed by atoms with Crippen molar-refractivity contribution in [1.29, 1.82) is 0 Å². The number of nitrogens with zero attached hydrogens (tertiary/aromatic N) is 7. The Morgan fingerprint density at radius 2 is 1.92 bits per heavy atom. The maximum Gasteiger partial charge on any atom is 0.256 e. The Hall–Kier alpha value is -3.36. The van der Waals surface area contributed by atoms with Crippen molar-refractivity contribution >= 4 is 11.7 Å². The van der Waals surface area contributed by atoms with E-state index in [2.05, 4.69) is 25.4 Å². The Bertz CT molecular complexity index is 893. The average molecular weight is 353 g/mol. The number of carbonyl (C=O) groups is 1. The van der Waals surface area contributed by atoms with Gasteiger partial charge in [-0.05, 0) is 34.7 Å². The van der Waals surface area contributed by atoms with E-state index < -0.39 is 5.82 Å². The van der Waals surface area contributed by atoms with Gasteiger partial charge in [0, 0.05) is 38.4 Å². The van der Waals surface area contributed by atoms with Crippen molar-refractivity contribution in [2.45, 2.75) is 0 Å². The summed E-state index contributed by atoms with van der Waals surface area (Å²) in [5.41, 5.74) is 0.692. The molecule has 1 amide bonds. The first-order valence-electron chi connectivity index (χ1n) is 8.20. The summed E-state index contributed by atoms with van der Waals surface area (Å²) < 4.78 is 15.0. The number of benzene rings is 1. The van der Waals surface area contributed by atoms with Crippen molar-refractivity contribution in [3.8, 4) is 5.69 Å². The zero-order chi connectivity index (χ0) is 17.9. The molecule has 1 saturated heterocycles. The molecule has 8 nitrogen and oxygen atoms in total. The Balaban J connectivity index is 1.53. The third-order valence-corrected chi connectivity index (χ3v) is 4.33. The van der Waals surface area contributed by atoms with Crippen molar-refractivity contribution in [2.75, 3.05) is 31.1 Å². The number of piperazine rings is 1. The van der Waals surface area contributed by atoms with E-state index in [0.717, 1.165) is 5.82 Å². The number of anilines is 1. The van der Waals surface area contributed by atoms with Gasteiger partial charge in [0.2, 0.25) is 0 Å². The van der Waals surface area contributed by atoms with Crippen LogP contribution in [-0.4, -0.2) is 62.2 Å². The fraction of sp³-hybridized carbons (Fsp3) is 0.235. The summed E-state index contributed by atoms with van der Waals surface area (Å²) in [5, 5.41) is 10.9. The van der Waals surface area contributed by atoms with Gasteiger partial charge >= 0.3 is 0 Å². The van der Waals surface area contributed by atoms with Gasteiger partial charge in [-0.25, -0.2) is 9.37 Å². The van der Waals surface area contributed by atoms with Gasteiger partial charge < -0.3 is 9.80 Å². The number of pyridine rings is 1. The Morgan fingerprint density at radius 1 is 1.08 bits per heavy atom. The molecule has 0 saturated carbocycles. The van der Waals surface area contributed by atoms with E-state index in [9.17, 15) is 9.18 Å². The third-order valence-electron chi connectivity index (χ3n) is 4.33. The highest BCUT2D eigenvalue weighted by Gasteiger charge is 2.25. The fourth-order valence-corrected chi connectivity index (χ4v) is 3.00. The molecule has 3 aromatic rings. The lowest BCUT2D eigenvalue weighted by Crippen LogP contribution is -2.49. The maximum absolute atomic E-state index is 13.7. The van der Waals surface area contributed by atoms with Crippen LogP contribution in [0.1, 0.15) is 10.4 Å². The minimum atomic E-state index is -0.452. The summed E-state index contributed by atoms with van der Waals surface area (Å²) in [7, 11) is 0. The number of halogens is 1. The smallest absolute Gasteiger partial charge is 0.256 e. The third kappa shape index (κ3) is 3.10. The molecule has 9 heteroatoms. The summed E-state index contributed by atoms with van der Waals surface area (Å²) >= 11 is 0. The van der Waals surface area contributed by atoms with Gasteiger partial charge in [0.05, 0.1) is 11.3 Å². The van der Waals surface area contributed by atoms with E-state index in [4.69, 9.17) is 0 Å². The molecule has 1 aliphatic heterocycles. The Morgan fingerprint density at radius 3 is 2.62 bits per heavy atom. The van der Waals surface area contributed by atoms with Crippen LogP contribution in [0.25, 0.3) is 5.69 Å². The number of carbonyl (C=O) groups excluding carboxylic acids is 1. The van der Waals surface area contributed by atoms with Gasteiger partial charge in [0.15, 0.2) is 0 Å². The van der Waals surface area contributed by atoms with Crippen molar-refractivity contribution < 1.29 is 9.18 Å². The highest BCUT2D eigenvalue weighted by Crippen LogP contribution is 2.19. The van der Waals surface area contributed by atoms with Gasteiger partial charge in [-0.3, -0.25) is 4.79 Å². The largest absolute Gasteiger partial charge is 0.353 e. The SMILES string of the molecule is O=C(c1ccc(F)cc1-n1cnnn1)N1CCN(c2ccccn2)CC1. The van der Waals surface area contributed by atoms with Gasteiger partial charge in [-0.1, -0.05) is 6.07 Å². The average Bonchev–Trinajstić information content (AvgIpc) is 3.23. The van der Waals surface area contributed by atoms with Crippen LogP contribution < -0.4 is 4.90 Å². The van der Waals surface area contributed by atoms with E-state index in [1.54, 1.807) is 11.1 Å². The van der Waals surface area contributed by atoms with Crippen LogP contribution in [0.5, 0.6) is 0 Å². The number of hydrogen-bond donors (Lipinski definition) is 0. The molecule has 26 heavy (non-hydrogen) atoms. The summed E-state index contributed by atoms with van der Waals surface area (Å²) in [4.78, 5) is 21.2. The van der Waals surface area contributed by atoms with Crippen LogP contribution in [0.3, 0.4) is 0 Å². The van der Waals surface area contributed by atoms with Crippen molar-refractivity contribution in [3.63, 3.8) is 0 Å². The second-order valence-corrected chi connectivity index (χ2v) is 5.88. The molecule has 0 radical (unpaired) electrons. The first-order valence-corrected chi connectivity index (χ1v) is 8.20. The van der Waals surface area contributed by atoms with Crippen molar-refractivity contribution in [2.24, 2.45) is 0 Å². The van der Waals surface area contributed by atoms with Gasteiger partial charge in [0.1, 0.15) is 18.0 Å². The van der Waals surface area contributed by atoms with Crippen molar-refractivity contribution in [3.05, 3.63) is 60.3 Å². The van der Waals surface area contributed by atoms with Crippen LogP contribution >= 0.6 is 0 Å². The second-order valence-electron chi connectivity index (χ2n) is 5.88. The van der Waals surface area contributed by atoms with E-state index >= 15 is 0 Å². The minimum Gasteiger partial charge on any atom is -0.353 e. The molecule has 4 rings (SSSR count). The molecule has 0 spiro atoms. The van der Waals surface area contributed by atoms with Gasteiger partial charge in [0.25, 0.3) is 5.91 Å². The van der Waals surface area contributed by atoms with Crippen LogP contribution in [-0.2, 0) is 0 Å². The highest BCUT2D eigenvalue weighted by molar-refractivity contribution is 5.97. The summed E-state index contributed by atoms with van der Waals surface area (Å²) in [5.74, 6) is 0.277. The van der Waals surface area contributed by atoms with Crippen LogP contribution in [0.15, 0.2) is 48.9 Å². The molecule has 0 unspecified atom stereocenters. The number of rotatable bonds is 3. The lowest BCUT2D eigenvalue weighted by atomic mass is 10.1. The Labute approximate surface area is 148 Å². The van der Waals surface area contributed by atoms with Crippen LogP contribution in [0.2, 0.25) is 0 Å². The molecule has 1 aliphatic rings. The minimum absolute atomic E-state index is 0.170.